The average molecular weight is 465 g/mol. The number of benzene rings is 2. The quantitative estimate of drug-likeness (QED) is 0.294. The van der Waals surface area contributed by atoms with Gasteiger partial charge in [-0.25, -0.2) is 15.0 Å². The molecule has 6 rings (SSSR count). The van der Waals surface area contributed by atoms with Gasteiger partial charge in [-0.05, 0) is 47.5 Å². The maximum atomic E-state index is 4.83. The number of hydrogen-bond acceptors (Lipinski definition) is 6. The summed E-state index contributed by atoms with van der Waals surface area (Å²) in [6.45, 7) is 0. The smallest absolute Gasteiger partial charge is 0.182 e. The first kappa shape index (κ1) is 21.4. The van der Waals surface area contributed by atoms with E-state index >= 15 is 0 Å². The van der Waals surface area contributed by atoms with Crippen LogP contribution in [0, 0.1) is 0 Å². The number of rotatable bonds is 5. The van der Waals surface area contributed by atoms with Crippen LogP contribution >= 0.6 is 0 Å². The van der Waals surface area contributed by atoms with E-state index in [4.69, 9.17) is 15.0 Å². The van der Waals surface area contributed by atoms with E-state index in [1.54, 1.807) is 24.8 Å². The molecule has 0 aliphatic heterocycles. The fraction of sp³-hybridized carbons (Fsp3) is 0. The van der Waals surface area contributed by atoms with Crippen LogP contribution in [-0.2, 0) is 0 Å². The highest BCUT2D eigenvalue weighted by Crippen LogP contribution is 2.27. The molecule has 170 valence electrons. The molecule has 0 N–H and O–H groups in total. The van der Waals surface area contributed by atoms with E-state index in [1.807, 2.05) is 84.9 Å². The van der Waals surface area contributed by atoms with Crippen molar-refractivity contribution in [3.63, 3.8) is 0 Å². The van der Waals surface area contributed by atoms with Gasteiger partial charge in [-0.3, -0.25) is 15.0 Å². The third-order valence-electron chi connectivity index (χ3n) is 5.79. The summed E-state index contributed by atoms with van der Waals surface area (Å²) in [5.41, 5.74) is 6.65. The molecule has 0 radical (unpaired) electrons. The Morgan fingerprint density at radius 3 is 1.36 bits per heavy atom. The highest BCUT2D eigenvalue weighted by Gasteiger charge is 2.13. The summed E-state index contributed by atoms with van der Waals surface area (Å²) < 4.78 is 0. The van der Waals surface area contributed by atoms with E-state index in [2.05, 4.69) is 27.1 Å². The molecular weight excluding hydrogens is 444 g/mol. The van der Waals surface area contributed by atoms with Crippen molar-refractivity contribution in [2.75, 3.05) is 0 Å². The van der Waals surface area contributed by atoms with Crippen LogP contribution in [0.1, 0.15) is 0 Å². The zero-order chi connectivity index (χ0) is 24.2. The molecule has 4 heterocycles. The Kier molecular flexibility index (Phi) is 5.74. The molecule has 0 saturated carbocycles. The topological polar surface area (TPSA) is 77.3 Å². The molecule has 0 fully saturated rings. The third-order valence-corrected chi connectivity index (χ3v) is 5.79. The van der Waals surface area contributed by atoms with Crippen molar-refractivity contribution in [2.24, 2.45) is 0 Å². The van der Waals surface area contributed by atoms with Gasteiger partial charge in [0, 0.05) is 41.5 Å². The van der Waals surface area contributed by atoms with Crippen molar-refractivity contribution in [3.8, 4) is 56.7 Å². The van der Waals surface area contributed by atoms with Crippen LogP contribution in [-0.4, -0.2) is 29.9 Å². The summed E-state index contributed by atoms with van der Waals surface area (Å²) in [4.78, 5) is 27.3. The molecule has 6 heteroatoms. The van der Waals surface area contributed by atoms with E-state index in [9.17, 15) is 0 Å². The first-order valence-electron chi connectivity index (χ1n) is 11.5. The van der Waals surface area contributed by atoms with Crippen LogP contribution in [0.15, 0.2) is 122 Å². The number of pyridine rings is 3. The first-order valence-corrected chi connectivity index (χ1v) is 11.5. The van der Waals surface area contributed by atoms with Gasteiger partial charge in [-0.15, -0.1) is 0 Å². The minimum absolute atomic E-state index is 0.530. The van der Waals surface area contributed by atoms with Gasteiger partial charge in [0.1, 0.15) is 5.69 Å². The molecule has 6 aromatic rings. The predicted molar refractivity (Wildman–Crippen MR) is 140 cm³/mol. The number of aromatic nitrogens is 6. The van der Waals surface area contributed by atoms with Crippen LogP contribution in [0.2, 0.25) is 0 Å². The van der Waals surface area contributed by atoms with Crippen molar-refractivity contribution in [2.45, 2.75) is 0 Å². The van der Waals surface area contributed by atoms with Gasteiger partial charge in [0.05, 0.1) is 5.69 Å². The maximum absolute atomic E-state index is 4.83. The minimum Gasteiger partial charge on any atom is -0.265 e. The normalized spacial score (nSPS) is 10.8. The Hall–Kier alpha value is -5.10. The fourth-order valence-electron chi connectivity index (χ4n) is 3.92. The molecule has 0 amide bonds. The highest BCUT2D eigenvalue weighted by molar-refractivity contribution is 5.70. The Labute approximate surface area is 208 Å². The van der Waals surface area contributed by atoms with E-state index in [1.165, 1.54) is 0 Å². The molecule has 0 atom stereocenters. The molecular formula is C30H20N6. The molecule has 2 aromatic carbocycles. The van der Waals surface area contributed by atoms with Gasteiger partial charge >= 0.3 is 0 Å². The lowest BCUT2D eigenvalue weighted by atomic mass is 10.0. The molecule has 4 aromatic heterocycles. The SMILES string of the molecule is c1ccc(-c2ccc(-c3nc(-c4ccc(-c5ccncc5)cc4)nc(-c4ccccn4)n3)cc2)nc1. The molecule has 0 bridgehead atoms. The Morgan fingerprint density at radius 2 is 0.806 bits per heavy atom. The summed E-state index contributed by atoms with van der Waals surface area (Å²) in [7, 11) is 0. The Bertz CT molecular complexity index is 1480. The van der Waals surface area contributed by atoms with Crippen LogP contribution in [0.5, 0.6) is 0 Å². The second kappa shape index (κ2) is 9.64. The van der Waals surface area contributed by atoms with Crippen molar-refractivity contribution in [1.82, 2.24) is 29.9 Å². The molecule has 0 spiro atoms. The maximum Gasteiger partial charge on any atom is 0.182 e. The lowest BCUT2D eigenvalue weighted by molar-refractivity contribution is 1.06. The zero-order valence-corrected chi connectivity index (χ0v) is 19.2. The highest BCUT2D eigenvalue weighted by atomic mass is 15.0. The number of nitrogens with zero attached hydrogens (tertiary/aromatic N) is 6. The van der Waals surface area contributed by atoms with E-state index in [-0.39, 0.29) is 0 Å². The van der Waals surface area contributed by atoms with Crippen LogP contribution in [0.4, 0.5) is 0 Å². The molecule has 36 heavy (non-hydrogen) atoms. The fourth-order valence-corrected chi connectivity index (χ4v) is 3.92. The second-order valence-electron chi connectivity index (χ2n) is 8.13. The molecule has 6 nitrogen and oxygen atoms in total. The number of hydrogen-bond donors (Lipinski definition) is 0. The lowest BCUT2D eigenvalue weighted by Gasteiger charge is -2.09. The van der Waals surface area contributed by atoms with Gasteiger partial charge in [0.25, 0.3) is 0 Å². The van der Waals surface area contributed by atoms with Crippen LogP contribution in [0.3, 0.4) is 0 Å². The summed E-state index contributed by atoms with van der Waals surface area (Å²) in [5.74, 6) is 1.71. The Morgan fingerprint density at radius 1 is 0.333 bits per heavy atom. The monoisotopic (exact) mass is 464 g/mol. The molecule has 0 aliphatic rings. The van der Waals surface area contributed by atoms with Crippen LogP contribution < -0.4 is 0 Å². The standard InChI is InChI=1S/C30H20N6/c1-3-17-32-26(5-1)23-9-13-25(14-10-23)29-34-28(35-30(36-29)27-6-2-4-18-33-27)24-11-7-21(8-12-24)22-15-19-31-20-16-22/h1-20H. The summed E-state index contributed by atoms with van der Waals surface area (Å²) >= 11 is 0. The van der Waals surface area contributed by atoms with Crippen molar-refractivity contribution in [1.29, 1.82) is 0 Å². The molecule has 0 aliphatic carbocycles. The minimum atomic E-state index is 0.530. The van der Waals surface area contributed by atoms with Gasteiger partial charge in [0.15, 0.2) is 17.5 Å². The van der Waals surface area contributed by atoms with Gasteiger partial charge in [-0.2, -0.15) is 0 Å². The molecule has 0 saturated heterocycles. The van der Waals surface area contributed by atoms with Crippen molar-refractivity contribution in [3.05, 3.63) is 122 Å². The lowest BCUT2D eigenvalue weighted by Crippen LogP contribution is -2.01. The van der Waals surface area contributed by atoms with Crippen molar-refractivity contribution < 1.29 is 0 Å². The van der Waals surface area contributed by atoms with E-state index in [0.717, 1.165) is 33.5 Å². The van der Waals surface area contributed by atoms with E-state index in [0.29, 0.717) is 23.2 Å². The van der Waals surface area contributed by atoms with E-state index < -0.39 is 0 Å². The van der Waals surface area contributed by atoms with Crippen LogP contribution in [0.25, 0.3) is 56.7 Å². The largest absolute Gasteiger partial charge is 0.265 e. The summed E-state index contributed by atoms with van der Waals surface area (Å²) in [6, 6.07) is 31.8. The molecule has 0 unspecified atom stereocenters. The predicted octanol–water partition coefficient (Wildman–Crippen LogP) is 6.39. The van der Waals surface area contributed by atoms with Crippen molar-refractivity contribution >= 4 is 0 Å². The van der Waals surface area contributed by atoms with Gasteiger partial charge < -0.3 is 0 Å². The van der Waals surface area contributed by atoms with Gasteiger partial charge in [-0.1, -0.05) is 60.7 Å². The third kappa shape index (κ3) is 4.48. The Balaban J connectivity index is 1.41. The zero-order valence-electron chi connectivity index (χ0n) is 19.2. The van der Waals surface area contributed by atoms with Gasteiger partial charge in [0.2, 0.25) is 0 Å². The average Bonchev–Trinajstić information content (AvgIpc) is 2.98. The first-order chi connectivity index (χ1) is 17.8. The summed E-state index contributed by atoms with van der Waals surface area (Å²) in [5, 5.41) is 0. The second-order valence-corrected chi connectivity index (χ2v) is 8.13. The summed E-state index contributed by atoms with van der Waals surface area (Å²) in [6.07, 6.45) is 7.11.